The zero-order valence-electron chi connectivity index (χ0n) is 13.5. The number of rotatable bonds is 4. The lowest BCUT2D eigenvalue weighted by Crippen LogP contribution is -2.50. The van der Waals surface area contributed by atoms with E-state index in [-0.39, 0.29) is 18.3 Å². The Morgan fingerprint density at radius 3 is 2.77 bits per heavy atom. The Bertz CT molecular complexity index is 489. The lowest BCUT2D eigenvalue weighted by Gasteiger charge is -2.37. The lowest BCUT2D eigenvalue weighted by molar-refractivity contribution is -0.0782. The van der Waals surface area contributed by atoms with Crippen LogP contribution < -0.4 is 0 Å². The van der Waals surface area contributed by atoms with Crippen LogP contribution >= 0.6 is 0 Å². The van der Waals surface area contributed by atoms with Gasteiger partial charge in [0.05, 0.1) is 24.0 Å². The van der Waals surface area contributed by atoms with Crippen molar-refractivity contribution in [2.75, 3.05) is 32.7 Å². The minimum atomic E-state index is -0.333. The van der Waals surface area contributed by atoms with Gasteiger partial charge in [-0.15, -0.1) is 0 Å². The molecule has 1 aromatic heterocycles. The van der Waals surface area contributed by atoms with E-state index in [1.807, 2.05) is 6.20 Å². The normalized spacial score (nSPS) is 28.3. The molecule has 1 fully saturated rings. The van der Waals surface area contributed by atoms with Gasteiger partial charge in [-0.1, -0.05) is 0 Å². The molecule has 1 saturated heterocycles. The number of ether oxygens (including phenoxy) is 1. The largest absolute Gasteiger partial charge is 0.390 e. The first-order chi connectivity index (χ1) is 10.6. The van der Waals surface area contributed by atoms with Gasteiger partial charge in [0, 0.05) is 45.5 Å². The summed E-state index contributed by atoms with van der Waals surface area (Å²) in [5, 5.41) is 10.4. The first-order valence-electron chi connectivity index (χ1n) is 8.16. The van der Waals surface area contributed by atoms with Crippen molar-refractivity contribution in [3.8, 4) is 0 Å². The summed E-state index contributed by atoms with van der Waals surface area (Å²) in [4.78, 5) is 13.0. The smallest absolute Gasteiger partial charge is 0.115 e. The fourth-order valence-electron chi connectivity index (χ4n) is 3.55. The monoisotopic (exact) mass is 306 g/mol. The number of nitrogens with zero attached hydrogens (tertiary/aromatic N) is 4. The van der Waals surface area contributed by atoms with Gasteiger partial charge in [0.1, 0.15) is 6.33 Å². The molecule has 122 valence electrons. The maximum absolute atomic E-state index is 10.4. The maximum atomic E-state index is 10.4. The highest BCUT2D eigenvalue weighted by molar-refractivity contribution is 5.18. The van der Waals surface area contributed by atoms with Crippen molar-refractivity contribution in [3.63, 3.8) is 0 Å². The lowest BCUT2D eigenvalue weighted by atomic mass is 10.1. The van der Waals surface area contributed by atoms with Gasteiger partial charge in [-0.25, -0.2) is 9.97 Å². The van der Waals surface area contributed by atoms with Gasteiger partial charge in [0.2, 0.25) is 0 Å². The van der Waals surface area contributed by atoms with Gasteiger partial charge in [-0.05, 0) is 25.8 Å². The van der Waals surface area contributed by atoms with Crippen LogP contribution in [0.15, 0.2) is 12.5 Å². The standard InChI is InChI=1S/C16H26N4O2/c1-12-6-20(7-13(2)22-12)9-15(21)8-19-4-3-14-5-17-11-18-16(14)10-19/h5,11-13,15,21H,3-4,6-10H2,1-2H3/t12-,13+,15-/m0/s1. The molecule has 0 bridgehead atoms. The molecule has 0 saturated carbocycles. The molecule has 6 heteroatoms. The molecule has 22 heavy (non-hydrogen) atoms. The summed E-state index contributed by atoms with van der Waals surface area (Å²) in [6.45, 7) is 9.18. The van der Waals surface area contributed by atoms with Crippen LogP contribution in [0.2, 0.25) is 0 Å². The summed E-state index contributed by atoms with van der Waals surface area (Å²) in [5.41, 5.74) is 2.34. The van der Waals surface area contributed by atoms with E-state index in [9.17, 15) is 5.11 Å². The number of aliphatic hydroxyl groups excluding tert-OH is 1. The van der Waals surface area contributed by atoms with Gasteiger partial charge >= 0.3 is 0 Å². The SMILES string of the molecule is C[C@@H]1CN(C[C@@H](O)CN2CCc3cncnc3C2)C[C@H](C)O1. The summed E-state index contributed by atoms with van der Waals surface area (Å²) >= 11 is 0. The Kier molecular flexibility index (Phi) is 5.03. The quantitative estimate of drug-likeness (QED) is 0.863. The van der Waals surface area contributed by atoms with Gasteiger partial charge in [-0.2, -0.15) is 0 Å². The molecule has 0 spiro atoms. The van der Waals surface area contributed by atoms with Crippen molar-refractivity contribution in [2.24, 2.45) is 0 Å². The molecular weight excluding hydrogens is 280 g/mol. The topological polar surface area (TPSA) is 61.7 Å². The third-order valence-corrected chi connectivity index (χ3v) is 4.39. The van der Waals surface area contributed by atoms with E-state index in [1.54, 1.807) is 6.33 Å². The summed E-state index contributed by atoms with van der Waals surface area (Å²) in [5.74, 6) is 0. The van der Waals surface area contributed by atoms with Crippen molar-refractivity contribution < 1.29 is 9.84 Å². The number of aromatic nitrogens is 2. The Morgan fingerprint density at radius 1 is 1.27 bits per heavy atom. The van der Waals surface area contributed by atoms with Crippen LogP contribution in [-0.4, -0.2) is 75.9 Å². The maximum Gasteiger partial charge on any atom is 0.115 e. The van der Waals surface area contributed by atoms with Gasteiger partial charge in [-0.3, -0.25) is 9.80 Å². The molecule has 6 nitrogen and oxygen atoms in total. The van der Waals surface area contributed by atoms with Gasteiger partial charge < -0.3 is 9.84 Å². The number of hydrogen-bond acceptors (Lipinski definition) is 6. The molecule has 3 atom stereocenters. The van der Waals surface area contributed by atoms with E-state index in [2.05, 4.69) is 33.6 Å². The Balaban J connectivity index is 1.49. The van der Waals surface area contributed by atoms with Crippen LogP contribution in [0, 0.1) is 0 Å². The first-order valence-corrected chi connectivity index (χ1v) is 8.16. The number of morpholine rings is 1. The first kappa shape index (κ1) is 15.8. The number of aliphatic hydroxyl groups is 1. The molecule has 1 aromatic rings. The van der Waals surface area contributed by atoms with E-state index in [0.29, 0.717) is 13.1 Å². The number of hydrogen-bond donors (Lipinski definition) is 1. The van der Waals surface area contributed by atoms with Crippen molar-refractivity contribution in [1.29, 1.82) is 0 Å². The molecule has 1 N–H and O–H groups in total. The molecule has 0 aromatic carbocycles. The van der Waals surface area contributed by atoms with Crippen molar-refractivity contribution in [3.05, 3.63) is 23.8 Å². The minimum absolute atomic E-state index is 0.245. The van der Waals surface area contributed by atoms with Gasteiger partial charge in [0.15, 0.2) is 0 Å². The van der Waals surface area contributed by atoms with E-state index in [4.69, 9.17) is 4.74 Å². The summed E-state index contributed by atoms with van der Waals surface area (Å²) in [6, 6.07) is 0. The molecule has 0 unspecified atom stereocenters. The summed E-state index contributed by atoms with van der Waals surface area (Å²) in [6.07, 6.45) is 4.64. The van der Waals surface area contributed by atoms with Crippen LogP contribution in [0.25, 0.3) is 0 Å². The second-order valence-electron chi connectivity index (χ2n) is 6.61. The van der Waals surface area contributed by atoms with Crippen molar-refractivity contribution in [2.45, 2.75) is 45.1 Å². The highest BCUT2D eigenvalue weighted by Crippen LogP contribution is 2.16. The Morgan fingerprint density at radius 2 is 2.00 bits per heavy atom. The number of fused-ring (bicyclic) bond motifs is 1. The van der Waals surface area contributed by atoms with Crippen molar-refractivity contribution >= 4 is 0 Å². The minimum Gasteiger partial charge on any atom is -0.390 e. The van der Waals surface area contributed by atoms with Crippen LogP contribution in [0.1, 0.15) is 25.1 Å². The molecule has 3 rings (SSSR count). The van der Waals surface area contributed by atoms with Crippen LogP contribution in [-0.2, 0) is 17.7 Å². The fraction of sp³-hybridized carbons (Fsp3) is 0.750. The third kappa shape index (κ3) is 4.01. The predicted molar refractivity (Wildman–Crippen MR) is 83.5 cm³/mol. The van der Waals surface area contributed by atoms with Crippen molar-refractivity contribution in [1.82, 2.24) is 19.8 Å². The van der Waals surface area contributed by atoms with E-state index in [0.717, 1.165) is 38.3 Å². The average molecular weight is 306 g/mol. The zero-order chi connectivity index (χ0) is 15.5. The molecular formula is C16H26N4O2. The van der Waals surface area contributed by atoms with Crippen LogP contribution in [0.5, 0.6) is 0 Å². The predicted octanol–water partition coefficient (Wildman–Crippen LogP) is 0.305. The van der Waals surface area contributed by atoms with E-state index in [1.165, 1.54) is 5.56 Å². The molecule has 0 amide bonds. The Labute approximate surface area is 132 Å². The summed E-state index contributed by atoms with van der Waals surface area (Å²) in [7, 11) is 0. The highest BCUT2D eigenvalue weighted by atomic mass is 16.5. The molecule has 0 radical (unpaired) electrons. The highest BCUT2D eigenvalue weighted by Gasteiger charge is 2.25. The zero-order valence-corrected chi connectivity index (χ0v) is 13.5. The molecule has 2 aliphatic heterocycles. The second kappa shape index (κ2) is 7.00. The van der Waals surface area contributed by atoms with Crippen LogP contribution in [0.4, 0.5) is 0 Å². The fourth-order valence-corrected chi connectivity index (χ4v) is 3.55. The van der Waals surface area contributed by atoms with E-state index < -0.39 is 0 Å². The summed E-state index contributed by atoms with van der Waals surface area (Å²) < 4.78 is 5.74. The van der Waals surface area contributed by atoms with E-state index >= 15 is 0 Å². The average Bonchev–Trinajstić information content (AvgIpc) is 2.45. The Hall–Kier alpha value is -1.08. The molecule has 0 aliphatic carbocycles. The van der Waals surface area contributed by atoms with Gasteiger partial charge in [0.25, 0.3) is 0 Å². The second-order valence-corrected chi connectivity index (χ2v) is 6.61. The van der Waals surface area contributed by atoms with Crippen LogP contribution in [0.3, 0.4) is 0 Å². The third-order valence-electron chi connectivity index (χ3n) is 4.39. The number of β-amino-alcohol motifs (C(OH)–C–C–N with tert-alkyl or cyclic N) is 1. The molecule has 2 aliphatic rings. The molecule has 3 heterocycles.